The summed E-state index contributed by atoms with van der Waals surface area (Å²) in [5, 5.41) is 0. The number of sulfonamides is 1. The Morgan fingerprint density at radius 1 is 1.37 bits per heavy atom. The highest BCUT2D eigenvalue weighted by atomic mass is 79.9. The van der Waals surface area contributed by atoms with Gasteiger partial charge in [0.05, 0.1) is 5.69 Å². The Morgan fingerprint density at radius 2 is 2.00 bits per heavy atom. The van der Waals surface area contributed by atoms with Gasteiger partial charge in [0.1, 0.15) is 4.90 Å². The van der Waals surface area contributed by atoms with Crippen LogP contribution in [0.1, 0.15) is 33.6 Å². The summed E-state index contributed by atoms with van der Waals surface area (Å²) in [6, 6.07) is 4.67. The Labute approximate surface area is 124 Å². The lowest BCUT2D eigenvalue weighted by atomic mass is 10.0. The molecule has 0 fully saturated rings. The molecule has 2 atom stereocenters. The molecule has 0 saturated carbocycles. The minimum absolute atomic E-state index is 0.108. The van der Waals surface area contributed by atoms with Crippen molar-refractivity contribution in [3.8, 4) is 0 Å². The number of benzene rings is 1. The number of halogens is 1. The summed E-state index contributed by atoms with van der Waals surface area (Å²) in [5.41, 5.74) is 6.01. The van der Waals surface area contributed by atoms with E-state index in [0.29, 0.717) is 5.92 Å². The Hall–Kier alpha value is -0.590. The average Bonchev–Trinajstić information content (AvgIpc) is 2.26. The van der Waals surface area contributed by atoms with Crippen molar-refractivity contribution in [1.29, 1.82) is 0 Å². The molecule has 0 radical (unpaired) electrons. The number of rotatable bonds is 6. The van der Waals surface area contributed by atoms with E-state index in [0.717, 1.165) is 17.3 Å². The fraction of sp³-hybridized carbons (Fsp3) is 0.538. The molecule has 2 unspecified atom stereocenters. The van der Waals surface area contributed by atoms with Gasteiger partial charge in [0.15, 0.2) is 0 Å². The van der Waals surface area contributed by atoms with Gasteiger partial charge in [-0.15, -0.1) is 0 Å². The number of nitrogens with two attached hydrogens (primary N) is 1. The summed E-state index contributed by atoms with van der Waals surface area (Å²) in [7, 11) is -3.56. The number of hydrogen-bond donors (Lipinski definition) is 2. The zero-order valence-electron chi connectivity index (χ0n) is 11.5. The first kappa shape index (κ1) is 16.5. The largest absolute Gasteiger partial charge is 0.398 e. The van der Waals surface area contributed by atoms with Gasteiger partial charge in [-0.3, -0.25) is 0 Å². The van der Waals surface area contributed by atoms with Gasteiger partial charge >= 0.3 is 0 Å². The van der Waals surface area contributed by atoms with Crippen LogP contribution in [-0.4, -0.2) is 14.5 Å². The van der Waals surface area contributed by atoms with Crippen molar-refractivity contribution in [2.45, 2.75) is 44.6 Å². The van der Waals surface area contributed by atoms with E-state index in [4.69, 9.17) is 5.73 Å². The van der Waals surface area contributed by atoms with Crippen LogP contribution in [0.4, 0.5) is 5.69 Å². The van der Waals surface area contributed by atoms with Gasteiger partial charge in [-0.2, -0.15) is 0 Å². The fourth-order valence-corrected chi connectivity index (χ4v) is 3.66. The second-order valence-electron chi connectivity index (χ2n) is 4.95. The first-order valence-electron chi connectivity index (χ1n) is 6.33. The Bertz CT molecular complexity index is 531. The van der Waals surface area contributed by atoms with Crippen LogP contribution in [0, 0.1) is 5.92 Å². The van der Waals surface area contributed by atoms with Crippen molar-refractivity contribution >= 4 is 31.6 Å². The van der Waals surface area contributed by atoms with Crippen LogP contribution in [-0.2, 0) is 10.0 Å². The molecule has 0 saturated heterocycles. The molecule has 0 aromatic heterocycles. The predicted octanol–water partition coefficient (Wildman–Crippen LogP) is 3.13. The van der Waals surface area contributed by atoms with Crippen molar-refractivity contribution in [3.05, 3.63) is 22.7 Å². The van der Waals surface area contributed by atoms with Gasteiger partial charge in [-0.05, 0) is 37.5 Å². The summed E-state index contributed by atoms with van der Waals surface area (Å²) in [6.07, 6.45) is 1.85. The first-order valence-corrected chi connectivity index (χ1v) is 8.61. The summed E-state index contributed by atoms with van der Waals surface area (Å²) >= 11 is 3.26. The Balaban J connectivity index is 2.86. The third kappa shape index (κ3) is 4.78. The molecule has 6 heteroatoms. The van der Waals surface area contributed by atoms with Gasteiger partial charge < -0.3 is 5.73 Å². The highest BCUT2D eigenvalue weighted by Crippen LogP contribution is 2.23. The molecule has 1 rings (SSSR count). The molecule has 4 nitrogen and oxygen atoms in total. The van der Waals surface area contributed by atoms with Gasteiger partial charge in [0.25, 0.3) is 0 Å². The normalized spacial score (nSPS) is 15.2. The van der Waals surface area contributed by atoms with Crippen molar-refractivity contribution in [2.75, 3.05) is 5.73 Å². The number of hydrogen-bond acceptors (Lipinski definition) is 3. The Kier molecular flexibility index (Phi) is 5.82. The highest BCUT2D eigenvalue weighted by Gasteiger charge is 2.20. The van der Waals surface area contributed by atoms with Crippen LogP contribution in [0.5, 0.6) is 0 Å². The molecule has 3 N–H and O–H groups in total. The molecule has 1 aromatic carbocycles. The quantitative estimate of drug-likeness (QED) is 0.775. The van der Waals surface area contributed by atoms with E-state index >= 15 is 0 Å². The van der Waals surface area contributed by atoms with Crippen molar-refractivity contribution < 1.29 is 8.42 Å². The van der Waals surface area contributed by atoms with Gasteiger partial charge in [0, 0.05) is 10.5 Å². The fourth-order valence-electron chi connectivity index (χ4n) is 1.91. The predicted molar refractivity (Wildman–Crippen MR) is 82.4 cm³/mol. The van der Waals surface area contributed by atoms with Crippen molar-refractivity contribution in [2.24, 2.45) is 5.92 Å². The molecule has 1 aromatic rings. The third-order valence-electron chi connectivity index (χ3n) is 3.07. The highest BCUT2D eigenvalue weighted by molar-refractivity contribution is 9.10. The van der Waals surface area contributed by atoms with Crippen LogP contribution >= 0.6 is 15.9 Å². The number of anilines is 1. The molecule has 19 heavy (non-hydrogen) atoms. The number of nitrogens with one attached hydrogen (secondary N) is 1. The molecule has 0 heterocycles. The second-order valence-corrected chi connectivity index (χ2v) is 7.55. The maximum absolute atomic E-state index is 12.2. The van der Waals surface area contributed by atoms with Crippen LogP contribution in [0.2, 0.25) is 0 Å². The Morgan fingerprint density at radius 3 is 2.53 bits per heavy atom. The maximum Gasteiger partial charge on any atom is 0.242 e. The molecule has 0 aliphatic heterocycles. The summed E-state index contributed by atoms with van der Waals surface area (Å²) in [5.74, 6) is 0.486. The summed E-state index contributed by atoms with van der Waals surface area (Å²) < 4.78 is 27.9. The smallest absolute Gasteiger partial charge is 0.242 e. The molecule has 0 amide bonds. The van der Waals surface area contributed by atoms with Gasteiger partial charge in [-0.1, -0.05) is 36.2 Å². The van der Waals surface area contributed by atoms with Crippen molar-refractivity contribution in [1.82, 2.24) is 4.72 Å². The van der Waals surface area contributed by atoms with Crippen LogP contribution < -0.4 is 10.5 Å². The SMILES string of the molecule is CCC(C)CC(C)NS(=O)(=O)c1ccc(Br)cc1N. The zero-order chi connectivity index (χ0) is 14.6. The molecule has 0 aliphatic carbocycles. The van der Waals surface area contributed by atoms with Gasteiger partial charge in [0.2, 0.25) is 10.0 Å². The molecule has 0 bridgehead atoms. The van der Waals surface area contributed by atoms with Crippen LogP contribution in [0.3, 0.4) is 0 Å². The van der Waals surface area contributed by atoms with E-state index in [1.807, 2.05) is 6.92 Å². The average molecular weight is 349 g/mol. The van der Waals surface area contributed by atoms with Gasteiger partial charge in [-0.25, -0.2) is 13.1 Å². The minimum atomic E-state index is -3.56. The molecule has 0 spiro atoms. The molecule has 0 aliphatic rings. The van der Waals surface area contributed by atoms with E-state index < -0.39 is 10.0 Å². The lowest BCUT2D eigenvalue weighted by molar-refractivity contribution is 0.445. The maximum atomic E-state index is 12.2. The van der Waals surface area contributed by atoms with Crippen molar-refractivity contribution in [3.63, 3.8) is 0 Å². The van der Waals surface area contributed by atoms with E-state index in [1.54, 1.807) is 12.1 Å². The van der Waals surface area contributed by atoms with E-state index in [9.17, 15) is 8.42 Å². The second kappa shape index (κ2) is 6.72. The molecule has 108 valence electrons. The third-order valence-corrected chi connectivity index (χ3v) is 5.23. The topological polar surface area (TPSA) is 72.2 Å². The van der Waals surface area contributed by atoms with Crippen LogP contribution in [0.25, 0.3) is 0 Å². The lowest BCUT2D eigenvalue weighted by Gasteiger charge is -2.18. The minimum Gasteiger partial charge on any atom is -0.398 e. The monoisotopic (exact) mass is 348 g/mol. The van der Waals surface area contributed by atoms with Crippen LogP contribution in [0.15, 0.2) is 27.6 Å². The molecular weight excluding hydrogens is 328 g/mol. The standard InChI is InChI=1S/C13H21BrN2O2S/c1-4-9(2)7-10(3)16-19(17,18)13-6-5-11(14)8-12(13)15/h5-6,8-10,16H,4,7,15H2,1-3H3. The lowest BCUT2D eigenvalue weighted by Crippen LogP contribution is -2.34. The summed E-state index contributed by atoms with van der Waals surface area (Å²) in [6.45, 7) is 6.08. The van der Waals surface area contributed by atoms with E-state index in [1.165, 1.54) is 6.07 Å². The summed E-state index contributed by atoms with van der Waals surface area (Å²) in [4.78, 5) is 0.131. The number of nitrogen functional groups attached to an aromatic ring is 1. The van der Waals surface area contributed by atoms with E-state index in [2.05, 4.69) is 34.5 Å². The first-order chi connectivity index (χ1) is 8.76. The zero-order valence-corrected chi connectivity index (χ0v) is 13.9. The molecular formula is C13H21BrN2O2S. The van der Waals surface area contributed by atoms with E-state index in [-0.39, 0.29) is 16.6 Å².